The summed E-state index contributed by atoms with van der Waals surface area (Å²) in [5.74, 6) is 1.65. The van der Waals surface area contributed by atoms with Gasteiger partial charge < -0.3 is 19.7 Å². The van der Waals surface area contributed by atoms with Crippen molar-refractivity contribution in [1.29, 1.82) is 0 Å². The fourth-order valence-electron chi connectivity index (χ4n) is 3.72. The van der Waals surface area contributed by atoms with E-state index in [1.54, 1.807) is 0 Å². The van der Waals surface area contributed by atoms with Crippen molar-refractivity contribution in [2.24, 2.45) is 4.99 Å². The number of aliphatic imine (C=N–C) groups is 1. The molecule has 0 amide bonds. The van der Waals surface area contributed by atoms with E-state index in [0.717, 1.165) is 64.8 Å². The summed E-state index contributed by atoms with van der Waals surface area (Å²) in [7, 11) is 0. The summed E-state index contributed by atoms with van der Waals surface area (Å²) in [4.78, 5) is 7.21. The third-order valence-electron chi connectivity index (χ3n) is 5.13. The van der Waals surface area contributed by atoms with Crippen LogP contribution in [0.2, 0.25) is 0 Å². The van der Waals surface area contributed by atoms with Gasteiger partial charge in [-0.05, 0) is 38.2 Å². The molecular formula is C21H34IN3O2. The lowest BCUT2D eigenvalue weighted by molar-refractivity contribution is 0.0170. The Bertz CT molecular complexity index is 550. The molecule has 0 radical (unpaired) electrons. The van der Waals surface area contributed by atoms with Crippen LogP contribution < -0.4 is 5.32 Å². The van der Waals surface area contributed by atoms with E-state index in [-0.39, 0.29) is 24.0 Å². The normalized spacial score (nSPS) is 22.7. The maximum atomic E-state index is 5.73. The molecule has 152 valence electrons. The lowest BCUT2D eigenvalue weighted by Gasteiger charge is -2.21. The van der Waals surface area contributed by atoms with E-state index in [9.17, 15) is 0 Å². The molecule has 2 unspecified atom stereocenters. The number of guanidine groups is 1. The highest BCUT2D eigenvalue weighted by Crippen LogP contribution is 2.26. The number of rotatable bonds is 8. The summed E-state index contributed by atoms with van der Waals surface area (Å²) in [6.07, 6.45) is 4.77. The third kappa shape index (κ3) is 7.23. The minimum absolute atomic E-state index is 0. The van der Waals surface area contributed by atoms with Gasteiger partial charge in [-0.1, -0.05) is 30.3 Å². The predicted molar refractivity (Wildman–Crippen MR) is 121 cm³/mol. The topological polar surface area (TPSA) is 46.1 Å². The third-order valence-corrected chi connectivity index (χ3v) is 5.13. The van der Waals surface area contributed by atoms with Gasteiger partial charge in [-0.25, -0.2) is 0 Å². The Kier molecular flexibility index (Phi) is 10.4. The fourth-order valence-corrected chi connectivity index (χ4v) is 3.72. The van der Waals surface area contributed by atoms with Crippen LogP contribution in [0.1, 0.15) is 44.1 Å². The molecular weight excluding hydrogens is 453 g/mol. The fraction of sp³-hybridized carbons (Fsp3) is 0.667. The number of halogens is 1. The van der Waals surface area contributed by atoms with Crippen molar-refractivity contribution in [3.05, 3.63) is 35.9 Å². The molecule has 1 N–H and O–H groups in total. The number of hydrogen-bond acceptors (Lipinski definition) is 3. The van der Waals surface area contributed by atoms with E-state index in [1.807, 2.05) is 0 Å². The maximum Gasteiger partial charge on any atom is 0.193 e. The van der Waals surface area contributed by atoms with E-state index in [1.165, 1.54) is 18.4 Å². The number of benzene rings is 1. The summed E-state index contributed by atoms with van der Waals surface area (Å²) in [5, 5.41) is 3.45. The lowest BCUT2D eigenvalue weighted by atomic mass is 9.99. The van der Waals surface area contributed by atoms with E-state index < -0.39 is 0 Å². The average molecular weight is 487 g/mol. The lowest BCUT2D eigenvalue weighted by Crippen LogP contribution is -2.40. The summed E-state index contributed by atoms with van der Waals surface area (Å²) in [5.41, 5.74) is 1.44. The van der Waals surface area contributed by atoms with Crippen LogP contribution in [0.4, 0.5) is 0 Å². The van der Waals surface area contributed by atoms with Crippen molar-refractivity contribution >= 4 is 29.9 Å². The van der Waals surface area contributed by atoms with E-state index in [2.05, 4.69) is 47.5 Å². The molecule has 0 saturated carbocycles. The van der Waals surface area contributed by atoms with Crippen molar-refractivity contribution in [1.82, 2.24) is 10.2 Å². The standard InChI is InChI=1S/C21H33N3O2.HI/c1-2-22-21(23-12-7-14-25-17-20-10-6-15-26-20)24-13-11-19(16-24)18-8-4-3-5-9-18;/h3-5,8-9,19-20H,2,6-7,10-17H2,1H3,(H,22,23);1H. The van der Waals surface area contributed by atoms with Crippen LogP contribution in [0.15, 0.2) is 35.3 Å². The molecule has 2 atom stereocenters. The molecule has 5 nitrogen and oxygen atoms in total. The largest absolute Gasteiger partial charge is 0.379 e. The predicted octanol–water partition coefficient (Wildman–Crippen LogP) is 3.65. The highest BCUT2D eigenvalue weighted by Gasteiger charge is 2.25. The first kappa shape index (κ1) is 22.4. The van der Waals surface area contributed by atoms with Gasteiger partial charge >= 0.3 is 0 Å². The van der Waals surface area contributed by atoms with Crippen LogP contribution in [0.5, 0.6) is 0 Å². The van der Waals surface area contributed by atoms with Crippen LogP contribution in [0.3, 0.4) is 0 Å². The summed E-state index contributed by atoms with van der Waals surface area (Å²) in [6, 6.07) is 10.8. The molecule has 0 aliphatic carbocycles. The monoisotopic (exact) mass is 487 g/mol. The van der Waals surface area contributed by atoms with Gasteiger partial charge in [0.25, 0.3) is 0 Å². The quantitative estimate of drug-likeness (QED) is 0.263. The number of hydrogen-bond donors (Lipinski definition) is 1. The van der Waals surface area contributed by atoms with E-state index in [4.69, 9.17) is 14.5 Å². The van der Waals surface area contributed by atoms with E-state index >= 15 is 0 Å². The molecule has 0 spiro atoms. The minimum Gasteiger partial charge on any atom is -0.379 e. The van der Waals surface area contributed by atoms with Crippen LogP contribution >= 0.6 is 24.0 Å². The molecule has 1 aromatic carbocycles. The number of ether oxygens (including phenoxy) is 2. The molecule has 2 aliphatic rings. The Morgan fingerprint density at radius 3 is 2.89 bits per heavy atom. The van der Waals surface area contributed by atoms with Crippen LogP contribution in [0, 0.1) is 0 Å². The van der Waals surface area contributed by atoms with Gasteiger partial charge in [-0.15, -0.1) is 24.0 Å². The molecule has 6 heteroatoms. The molecule has 0 aromatic heterocycles. The Morgan fingerprint density at radius 1 is 1.30 bits per heavy atom. The van der Waals surface area contributed by atoms with Gasteiger partial charge in [0.05, 0.1) is 12.7 Å². The van der Waals surface area contributed by atoms with Crippen LogP contribution in [0.25, 0.3) is 0 Å². The first-order chi connectivity index (χ1) is 12.9. The van der Waals surface area contributed by atoms with Crippen molar-refractivity contribution in [2.75, 3.05) is 46.0 Å². The zero-order chi connectivity index (χ0) is 18.0. The van der Waals surface area contributed by atoms with E-state index in [0.29, 0.717) is 12.0 Å². The first-order valence-electron chi connectivity index (χ1n) is 10.1. The molecule has 2 fully saturated rings. The first-order valence-corrected chi connectivity index (χ1v) is 10.1. The second-order valence-corrected chi connectivity index (χ2v) is 7.14. The highest BCUT2D eigenvalue weighted by atomic mass is 127. The maximum absolute atomic E-state index is 5.73. The summed E-state index contributed by atoms with van der Waals surface area (Å²) >= 11 is 0. The van der Waals surface area contributed by atoms with Crippen molar-refractivity contribution in [3.8, 4) is 0 Å². The smallest absolute Gasteiger partial charge is 0.193 e. The second-order valence-electron chi connectivity index (χ2n) is 7.14. The zero-order valence-corrected chi connectivity index (χ0v) is 18.8. The van der Waals surface area contributed by atoms with Gasteiger partial charge in [0.2, 0.25) is 0 Å². The molecule has 2 aliphatic heterocycles. The summed E-state index contributed by atoms with van der Waals surface area (Å²) < 4.78 is 11.3. The Labute approximate surface area is 180 Å². The number of likely N-dealkylation sites (tertiary alicyclic amines) is 1. The van der Waals surface area contributed by atoms with Crippen molar-refractivity contribution < 1.29 is 9.47 Å². The molecule has 0 bridgehead atoms. The molecule has 2 saturated heterocycles. The van der Waals surface area contributed by atoms with Gasteiger partial charge in [-0.2, -0.15) is 0 Å². The van der Waals surface area contributed by atoms with Gasteiger partial charge in [0.1, 0.15) is 0 Å². The molecule has 1 aromatic rings. The van der Waals surface area contributed by atoms with Gasteiger partial charge in [0, 0.05) is 45.3 Å². The average Bonchev–Trinajstić information content (AvgIpc) is 3.36. The molecule has 27 heavy (non-hydrogen) atoms. The Morgan fingerprint density at radius 2 is 2.15 bits per heavy atom. The number of nitrogens with one attached hydrogen (secondary N) is 1. The van der Waals surface area contributed by atoms with Crippen molar-refractivity contribution in [3.63, 3.8) is 0 Å². The Hall–Kier alpha value is -0.860. The highest BCUT2D eigenvalue weighted by molar-refractivity contribution is 14.0. The molecule has 2 heterocycles. The SMILES string of the molecule is CCNC(=NCCCOCC1CCCO1)N1CCC(c2ccccc2)C1.I. The minimum atomic E-state index is 0. The van der Waals surface area contributed by atoms with Crippen LogP contribution in [-0.2, 0) is 9.47 Å². The van der Waals surface area contributed by atoms with Gasteiger partial charge in [-0.3, -0.25) is 4.99 Å². The summed E-state index contributed by atoms with van der Waals surface area (Å²) in [6.45, 7) is 8.34. The van der Waals surface area contributed by atoms with Crippen LogP contribution in [-0.4, -0.2) is 63.0 Å². The van der Waals surface area contributed by atoms with Crippen molar-refractivity contribution in [2.45, 2.75) is 44.6 Å². The second kappa shape index (κ2) is 12.6. The Balaban J connectivity index is 0.00000261. The number of nitrogens with zero attached hydrogens (tertiary/aromatic N) is 2. The zero-order valence-electron chi connectivity index (χ0n) is 16.4. The molecule has 3 rings (SSSR count). The van der Waals surface area contributed by atoms with Gasteiger partial charge in [0.15, 0.2) is 5.96 Å².